The van der Waals surface area contributed by atoms with Crippen LogP contribution in [-0.2, 0) is 0 Å². The SMILES string of the molecule is CN(C)C1=CC([Si](C)(C)NC(C)(C)C)c2ccccc21. The molecular formula is C17H28N2Si. The van der Waals surface area contributed by atoms with E-state index >= 15 is 0 Å². The van der Waals surface area contributed by atoms with Crippen LogP contribution in [0.3, 0.4) is 0 Å². The molecule has 0 saturated carbocycles. The van der Waals surface area contributed by atoms with E-state index in [9.17, 15) is 0 Å². The van der Waals surface area contributed by atoms with E-state index in [0.717, 1.165) is 0 Å². The second kappa shape index (κ2) is 5.04. The Hall–Kier alpha value is -1.06. The summed E-state index contributed by atoms with van der Waals surface area (Å²) in [5.74, 6) is 0. The van der Waals surface area contributed by atoms with Crippen LogP contribution in [0.1, 0.15) is 37.4 Å². The van der Waals surface area contributed by atoms with Crippen LogP contribution in [0.5, 0.6) is 0 Å². The highest BCUT2D eigenvalue weighted by Crippen LogP contribution is 2.41. The lowest BCUT2D eigenvalue weighted by atomic mass is 10.1. The Kier molecular flexibility index (Phi) is 3.87. The molecule has 110 valence electrons. The molecule has 1 unspecified atom stereocenters. The van der Waals surface area contributed by atoms with Crippen molar-refractivity contribution in [1.82, 2.24) is 9.88 Å². The average Bonchev–Trinajstić information content (AvgIpc) is 2.65. The topological polar surface area (TPSA) is 15.3 Å². The van der Waals surface area contributed by atoms with Gasteiger partial charge in [-0.05, 0) is 26.3 Å². The van der Waals surface area contributed by atoms with Crippen LogP contribution in [0.4, 0.5) is 0 Å². The number of fused-ring (bicyclic) bond motifs is 1. The molecule has 2 rings (SSSR count). The van der Waals surface area contributed by atoms with Crippen molar-refractivity contribution in [2.24, 2.45) is 0 Å². The van der Waals surface area contributed by atoms with E-state index in [2.05, 4.69) is 88.2 Å². The van der Waals surface area contributed by atoms with Crippen LogP contribution in [0.15, 0.2) is 30.3 Å². The van der Waals surface area contributed by atoms with Gasteiger partial charge in [-0.25, -0.2) is 0 Å². The van der Waals surface area contributed by atoms with Crippen LogP contribution in [0, 0.1) is 0 Å². The fourth-order valence-corrected chi connectivity index (χ4v) is 7.06. The summed E-state index contributed by atoms with van der Waals surface area (Å²) in [4.78, 5) is 6.15. The van der Waals surface area contributed by atoms with Gasteiger partial charge >= 0.3 is 0 Å². The van der Waals surface area contributed by atoms with E-state index in [1.807, 2.05) is 0 Å². The Morgan fingerprint density at radius 2 is 1.70 bits per heavy atom. The van der Waals surface area contributed by atoms with Crippen LogP contribution in [0.2, 0.25) is 13.1 Å². The van der Waals surface area contributed by atoms with Crippen LogP contribution < -0.4 is 4.98 Å². The molecule has 0 spiro atoms. The molecule has 0 fully saturated rings. The molecular weight excluding hydrogens is 260 g/mol. The molecule has 1 aromatic carbocycles. The van der Waals surface area contributed by atoms with E-state index in [4.69, 9.17) is 0 Å². The van der Waals surface area contributed by atoms with Crippen LogP contribution in [-0.4, -0.2) is 32.8 Å². The lowest BCUT2D eigenvalue weighted by Crippen LogP contribution is -2.57. The van der Waals surface area contributed by atoms with Gasteiger partial charge in [0.1, 0.15) is 8.24 Å². The van der Waals surface area contributed by atoms with Crippen molar-refractivity contribution in [2.75, 3.05) is 14.1 Å². The second-order valence-corrected chi connectivity index (χ2v) is 11.9. The molecule has 1 aromatic rings. The maximum Gasteiger partial charge on any atom is 0.131 e. The van der Waals surface area contributed by atoms with Gasteiger partial charge in [0.2, 0.25) is 0 Å². The molecule has 1 N–H and O–H groups in total. The van der Waals surface area contributed by atoms with Gasteiger partial charge in [0.05, 0.1) is 0 Å². The van der Waals surface area contributed by atoms with Crippen molar-refractivity contribution in [1.29, 1.82) is 0 Å². The molecule has 0 aliphatic heterocycles. The van der Waals surface area contributed by atoms with Gasteiger partial charge in [0.25, 0.3) is 0 Å². The van der Waals surface area contributed by atoms with Crippen LogP contribution in [0.25, 0.3) is 5.70 Å². The molecule has 20 heavy (non-hydrogen) atoms. The smallest absolute Gasteiger partial charge is 0.131 e. The van der Waals surface area contributed by atoms with E-state index in [1.165, 1.54) is 16.8 Å². The quantitative estimate of drug-likeness (QED) is 0.851. The summed E-state index contributed by atoms with van der Waals surface area (Å²) in [6, 6.07) is 8.86. The number of allylic oxidation sites excluding steroid dienone is 1. The van der Waals surface area contributed by atoms with Gasteiger partial charge in [-0.3, -0.25) is 0 Å². The molecule has 0 aromatic heterocycles. The summed E-state index contributed by atoms with van der Waals surface area (Å²) in [5, 5.41) is 0. The molecule has 0 amide bonds. The minimum Gasteiger partial charge on any atom is -0.377 e. The number of nitrogens with zero attached hydrogens (tertiary/aromatic N) is 1. The Balaban J connectivity index is 2.43. The molecule has 2 nitrogen and oxygen atoms in total. The summed E-state index contributed by atoms with van der Waals surface area (Å²) < 4.78 is 0. The standard InChI is InChI=1S/C17H28N2Si/c1-17(2,3)18-20(6,7)16-12-15(19(4)5)13-10-8-9-11-14(13)16/h8-12,16,18H,1-7H3. The first-order valence-corrected chi connectivity index (χ1v) is 10.5. The normalized spacial score (nSPS) is 18.8. The number of benzene rings is 1. The van der Waals surface area contributed by atoms with Crippen molar-refractivity contribution in [2.45, 2.75) is 44.9 Å². The van der Waals surface area contributed by atoms with Gasteiger partial charge in [-0.1, -0.05) is 43.4 Å². The largest absolute Gasteiger partial charge is 0.377 e. The fraction of sp³-hybridized carbons (Fsp3) is 0.529. The highest BCUT2D eigenvalue weighted by Gasteiger charge is 2.39. The Labute approximate surface area is 125 Å². The summed E-state index contributed by atoms with van der Waals surface area (Å²) in [6.07, 6.45) is 2.47. The van der Waals surface area contributed by atoms with Gasteiger partial charge in [-0.15, -0.1) is 0 Å². The number of hydrogen-bond acceptors (Lipinski definition) is 2. The summed E-state index contributed by atoms with van der Waals surface area (Å²) >= 11 is 0. The first-order valence-electron chi connectivity index (χ1n) is 7.39. The van der Waals surface area contributed by atoms with Crippen molar-refractivity contribution in [3.8, 4) is 0 Å². The Morgan fingerprint density at radius 3 is 2.25 bits per heavy atom. The predicted molar refractivity (Wildman–Crippen MR) is 91.2 cm³/mol. The molecule has 1 aliphatic carbocycles. The first-order chi connectivity index (χ1) is 9.12. The Morgan fingerprint density at radius 1 is 1.10 bits per heavy atom. The number of nitrogens with one attached hydrogen (secondary N) is 1. The average molecular weight is 289 g/mol. The van der Waals surface area contributed by atoms with Crippen molar-refractivity contribution in [3.05, 3.63) is 41.5 Å². The molecule has 0 radical (unpaired) electrons. The predicted octanol–water partition coefficient (Wildman–Crippen LogP) is 3.82. The van der Waals surface area contributed by atoms with Gasteiger partial charge < -0.3 is 9.88 Å². The summed E-state index contributed by atoms with van der Waals surface area (Å²) in [5.41, 5.74) is 4.96. The third-order valence-electron chi connectivity index (χ3n) is 3.85. The van der Waals surface area contributed by atoms with E-state index < -0.39 is 8.24 Å². The van der Waals surface area contributed by atoms with Crippen LogP contribution >= 0.6 is 0 Å². The zero-order valence-electron chi connectivity index (χ0n) is 13.9. The lowest BCUT2D eigenvalue weighted by molar-refractivity contribution is 0.509. The molecule has 0 heterocycles. The van der Waals surface area contributed by atoms with Crippen molar-refractivity contribution < 1.29 is 0 Å². The minimum atomic E-state index is -1.60. The molecule has 1 atom stereocenters. The molecule has 3 heteroatoms. The third kappa shape index (κ3) is 2.99. The van der Waals surface area contributed by atoms with Gasteiger partial charge in [0.15, 0.2) is 0 Å². The Bertz CT molecular complexity index is 524. The minimum absolute atomic E-state index is 0.166. The first kappa shape index (κ1) is 15.3. The highest BCUT2D eigenvalue weighted by molar-refractivity contribution is 6.77. The number of rotatable bonds is 3. The van der Waals surface area contributed by atoms with Crippen molar-refractivity contribution >= 4 is 13.9 Å². The maximum absolute atomic E-state index is 3.91. The van der Waals surface area contributed by atoms with Gasteiger partial charge in [0, 0.05) is 36.4 Å². The molecule has 0 saturated heterocycles. The van der Waals surface area contributed by atoms with Crippen molar-refractivity contribution in [3.63, 3.8) is 0 Å². The van der Waals surface area contributed by atoms with E-state index in [0.29, 0.717) is 5.54 Å². The third-order valence-corrected chi connectivity index (χ3v) is 7.28. The maximum atomic E-state index is 3.91. The number of hydrogen-bond donors (Lipinski definition) is 1. The van der Waals surface area contributed by atoms with Gasteiger partial charge in [-0.2, -0.15) is 0 Å². The summed E-state index contributed by atoms with van der Waals surface area (Å²) in [6.45, 7) is 11.7. The zero-order valence-corrected chi connectivity index (χ0v) is 14.9. The second-order valence-electron chi connectivity index (χ2n) is 7.61. The zero-order chi connectivity index (χ0) is 15.1. The highest BCUT2D eigenvalue weighted by atomic mass is 28.3. The summed E-state index contributed by atoms with van der Waals surface area (Å²) in [7, 11) is 2.67. The molecule has 1 aliphatic rings. The lowest BCUT2D eigenvalue weighted by Gasteiger charge is -2.37. The van der Waals surface area contributed by atoms with E-state index in [1.54, 1.807) is 0 Å². The van der Waals surface area contributed by atoms with E-state index in [-0.39, 0.29) is 5.54 Å². The fourth-order valence-electron chi connectivity index (χ4n) is 3.37. The molecule has 0 bridgehead atoms. The monoisotopic (exact) mass is 288 g/mol.